The summed E-state index contributed by atoms with van der Waals surface area (Å²) < 4.78 is 20.4. The lowest BCUT2D eigenvalue weighted by atomic mass is 10.4. The molecule has 0 aliphatic rings. The molecule has 0 aromatic heterocycles. The lowest BCUT2D eigenvalue weighted by molar-refractivity contribution is -0.121. The van der Waals surface area contributed by atoms with Crippen LogP contribution in [0.2, 0.25) is 0 Å². The van der Waals surface area contributed by atoms with E-state index >= 15 is 0 Å². The Kier molecular flexibility index (Phi) is 13.3. The van der Waals surface area contributed by atoms with Crippen LogP contribution in [-0.4, -0.2) is 70.4 Å². The minimum Gasteiger partial charge on any atom is -0.393 e. The van der Waals surface area contributed by atoms with Crippen molar-refractivity contribution in [1.82, 2.24) is 0 Å². The summed E-state index contributed by atoms with van der Waals surface area (Å²) in [5.41, 5.74) is 0. The molecule has 6 nitrogen and oxygen atoms in total. The molecule has 0 saturated heterocycles. The zero-order valence-corrected chi connectivity index (χ0v) is 10.4. The fourth-order valence-corrected chi connectivity index (χ4v) is 0.964. The molecule has 18 heavy (non-hydrogen) atoms. The van der Waals surface area contributed by atoms with E-state index in [1.54, 1.807) is 0 Å². The van der Waals surface area contributed by atoms with Crippen LogP contribution in [0.15, 0.2) is 0 Å². The number of hydrogen-bond acceptors (Lipinski definition) is 6. The number of hydrogen-bond donors (Lipinski definition) is 1. The molecule has 0 heterocycles. The van der Waals surface area contributed by atoms with Crippen LogP contribution in [0.3, 0.4) is 0 Å². The number of carbonyl (C=O) groups is 1. The lowest BCUT2D eigenvalue weighted by Gasteiger charge is -2.09. The van der Waals surface area contributed by atoms with E-state index in [0.717, 1.165) is 0 Å². The maximum atomic E-state index is 10.3. The Bertz CT molecular complexity index is 225. The predicted molar refractivity (Wildman–Crippen MR) is 64.2 cm³/mol. The van der Waals surface area contributed by atoms with Gasteiger partial charge in [0.1, 0.15) is 12.7 Å². The highest BCUT2D eigenvalue weighted by Gasteiger charge is 2.03. The first-order valence-electron chi connectivity index (χ1n) is 5.69. The molecule has 0 amide bonds. The van der Waals surface area contributed by atoms with Gasteiger partial charge in [-0.1, -0.05) is 5.92 Å². The van der Waals surface area contributed by atoms with Crippen LogP contribution in [0, 0.1) is 12.3 Å². The molecule has 0 fully saturated rings. The van der Waals surface area contributed by atoms with Crippen LogP contribution in [-0.2, 0) is 23.7 Å². The standard InChI is InChI=1S/C12H20O6/c1-2-3-15-4-5-16-6-7-17-8-9-18-12(10-13)11-14/h1,10,12,14H,3-9,11H2/t12-/m0/s1. The van der Waals surface area contributed by atoms with E-state index in [-0.39, 0.29) is 13.2 Å². The molecule has 0 unspecified atom stereocenters. The van der Waals surface area contributed by atoms with Gasteiger partial charge in [-0.3, -0.25) is 0 Å². The minimum absolute atomic E-state index is 0.259. The van der Waals surface area contributed by atoms with Crippen LogP contribution in [0.1, 0.15) is 0 Å². The number of rotatable bonds is 13. The van der Waals surface area contributed by atoms with E-state index in [1.807, 2.05) is 0 Å². The molecular formula is C12H20O6. The Morgan fingerprint density at radius 3 is 2.11 bits per heavy atom. The second-order valence-electron chi connectivity index (χ2n) is 3.21. The van der Waals surface area contributed by atoms with Gasteiger partial charge in [0.05, 0.1) is 46.2 Å². The van der Waals surface area contributed by atoms with E-state index < -0.39 is 6.10 Å². The summed E-state index contributed by atoms with van der Waals surface area (Å²) in [6, 6.07) is 0. The van der Waals surface area contributed by atoms with Crippen molar-refractivity contribution in [3.05, 3.63) is 0 Å². The molecule has 0 spiro atoms. The fraction of sp³-hybridized carbons (Fsp3) is 0.750. The SMILES string of the molecule is C#CCOCCOCCOCCO[C@@H](C=O)CO. The van der Waals surface area contributed by atoms with Crippen molar-refractivity contribution < 1.29 is 28.8 Å². The summed E-state index contributed by atoms with van der Waals surface area (Å²) >= 11 is 0. The molecule has 0 aliphatic heterocycles. The molecule has 104 valence electrons. The van der Waals surface area contributed by atoms with E-state index in [0.29, 0.717) is 45.9 Å². The van der Waals surface area contributed by atoms with Crippen molar-refractivity contribution in [2.75, 3.05) is 52.9 Å². The van der Waals surface area contributed by atoms with Gasteiger partial charge in [0.15, 0.2) is 6.29 Å². The maximum absolute atomic E-state index is 10.3. The maximum Gasteiger partial charge on any atom is 0.151 e. The highest BCUT2D eigenvalue weighted by molar-refractivity contribution is 5.55. The zero-order chi connectivity index (χ0) is 13.5. The van der Waals surface area contributed by atoms with Gasteiger partial charge in [0.2, 0.25) is 0 Å². The van der Waals surface area contributed by atoms with Gasteiger partial charge >= 0.3 is 0 Å². The Balaban J connectivity index is 3.07. The van der Waals surface area contributed by atoms with Gasteiger partial charge in [0.25, 0.3) is 0 Å². The Morgan fingerprint density at radius 1 is 1.06 bits per heavy atom. The normalized spacial score (nSPS) is 12.0. The smallest absolute Gasteiger partial charge is 0.151 e. The molecule has 0 radical (unpaired) electrons. The average molecular weight is 260 g/mol. The molecule has 1 atom stereocenters. The number of aliphatic hydroxyl groups excluding tert-OH is 1. The largest absolute Gasteiger partial charge is 0.393 e. The second-order valence-corrected chi connectivity index (χ2v) is 3.21. The second kappa shape index (κ2) is 14.1. The Labute approximate surface area is 107 Å². The number of aldehydes is 1. The summed E-state index contributed by atoms with van der Waals surface area (Å²) in [4.78, 5) is 10.3. The molecule has 0 aromatic rings. The van der Waals surface area contributed by atoms with E-state index in [9.17, 15) is 4.79 Å². The molecule has 0 aliphatic carbocycles. The summed E-state index contributed by atoms with van der Waals surface area (Å²) in [6.07, 6.45) is 4.78. The van der Waals surface area contributed by atoms with Crippen LogP contribution < -0.4 is 0 Å². The summed E-state index contributed by atoms with van der Waals surface area (Å²) in [5.74, 6) is 2.35. The van der Waals surface area contributed by atoms with Gasteiger partial charge in [-0.15, -0.1) is 6.42 Å². The van der Waals surface area contributed by atoms with Crippen molar-refractivity contribution in [1.29, 1.82) is 0 Å². The number of aliphatic hydroxyl groups is 1. The van der Waals surface area contributed by atoms with E-state index in [1.165, 1.54) is 0 Å². The summed E-state index contributed by atoms with van der Waals surface area (Å²) in [5, 5.41) is 8.65. The third kappa shape index (κ3) is 11.5. The predicted octanol–water partition coefficient (Wildman–Crippen LogP) is -0.754. The Morgan fingerprint density at radius 2 is 1.61 bits per heavy atom. The van der Waals surface area contributed by atoms with Crippen molar-refractivity contribution in [2.24, 2.45) is 0 Å². The molecule has 6 heteroatoms. The minimum atomic E-state index is -0.766. The lowest BCUT2D eigenvalue weighted by Crippen LogP contribution is -2.22. The molecule has 0 aromatic carbocycles. The van der Waals surface area contributed by atoms with Crippen molar-refractivity contribution in [3.8, 4) is 12.3 Å². The molecular weight excluding hydrogens is 240 g/mol. The number of ether oxygens (including phenoxy) is 4. The van der Waals surface area contributed by atoms with Crippen molar-refractivity contribution in [2.45, 2.75) is 6.10 Å². The average Bonchev–Trinajstić information content (AvgIpc) is 2.40. The van der Waals surface area contributed by atoms with E-state index in [2.05, 4.69) is 5.92 Å². The first-order valence-corrected chi connectivity index (χ1v) is 5.69. The van der Waals surface area contributed by atoms with Gasteiger partial charge in [-0.05, 0) is 0 Å². The first kappa shape index (κ1) is 17.0. The molecule has 0 saturated carbocycles. The fourth-order valence-electron chi connectivity index (χ4n) is 0.964. The van der Waals surface area contributed by atoms with Crippen molar-refractivity contribution >= 4 is 6.29 Å². The van der Waals surface area contributed by atoms with Gasteiger partial charge in [-0.25, -0.2) is 0 Å². The van der Waals surface area contributed by atoms with Crippen LogP contribution in [0.5, 0.6) is 0 Å². The van der Waals surface area contributed by atoms with Gasteiger partial charge in [0, 0.05) is 0 Å². The summed E-state index contributed by atoms with van der Waals surface area (Å²) in [7, 11) is 0. The zero-order valence-electron chi connectivity index (χ0n) is 10.4. The van der Waals surface area contributed by atoms with Crippen LogP contribution >= 0.6 is 0 Å². The summed E-state index contributed by atoms with van der Waals surface area (Å²) in [6.45, 7) is 2.41. The quantitative estimate of drug-likeness (QED) is 0.267. The topological polar surface area (TPSA) is 74.2 Å². The first-order chi connectivity index (χ1) is 8.85. The highest BCUT2D eigenvalue weighted by atomic mass is 16.6. The number of carbonyl (C=O) groups excluding carboxylic acids is 1. The molecule has 1 N–H and O–H groups in total. The third-order valence-corrected chi connectivity index (χ3v) is 1.82. The monoisotopic (exact) mass is 260 g/mol. The molecule has 0 rings (SSSR count). The van der Waals surface area contributed by atoms with Crippen LogP contribution in [0.25, 0.3) is 0 Å². The van der Waals surface area contributed by atoms with Gasteiger partial charge < -0.3 is 28.8 Å². The molecule has 0 bridgehead atoms. The van der Waals surface area contributed by atoms with Gasteiger partial charge in [-0.2, -0.15) is 0 Å². The Hall–Kier alpha value is -0.970. The van der Waals surface area contributed by atoms with E-state index in [4.69, 9.17) is 30.5 Å². The van der Waals surface area contributed by atoms with Crippen LogP contribution in [0.4, 0.5) is 0 Å². The van der Waals surface area contributed by atoms with Crippen molar-refractivity contribution in [3.63, 3.8) is 0 Å². The number of terminal acetylenes is 1. The highest BCUT2D eigenvalue weighted by Crippen LogP contribution is 1.87. The third-order valence-electron chi connectivity index (χ3n) is 1.82.